The Morgan fingerprint density at radius 1 is 1.16 bits per heavy atom. The van der Waals surface area contributed by atoms with Gasteiger partial charge in [-0.1, -0.05) is 30.3 Å². The summed E-state index contributed by atoms with van der Waals surface area (Å²) in [6.07, 6.45) is 0.0213. The molecule has 134 valence electrons. The summed E-state index contributed by atoms with van der Waals surface area (Å²) in [7, 11) is 0. The minimum absolute atomic E-state index is 0. The van der Waals surface area contributed by atoms with E-state index in [2.05, 4.69) is 10.6 Å². The van der Waals surface area contributed by atoms with Gasteiger partial charge in [0.25, 0.3) is 0 Å². The first-order chi connectivity index (χ1) is 11.6. The molecule has 1 heterocycles. The zero-order valence-electron chi connectivity index (χ0n) is 14.0. The molecular formula is C19H23ClN2O3. The zero-order chi connectivity index (χ0) is 16.9. The van der Waals surface area contributed by atoms with Crippen LogP contribution in [-0.2, 0) is 4.79 Å². The molecule has 3 unspecified atom stereocenters. The largest absolute Gasteiger partial charge is 0.457 e. The van der Waals surface area contributed by atoms with Crippen molar-refractivity contribution in [2.75, 3.05) is 6.54 Å². The van der Waals surface area contributed by atoms with Crippen LogP contribution in [0.5, 0.6) is 11.5 Å². The summed E-state index contributed by atoms with van der Waals surface area (Å²) in [6.45, 7) is 2.41. The van der Waals surface area contributed by atoms with Crippen LogP contribution in [-0.4, -0.2) is 29.7 Å². The molecule has 3 atom stereocenters. The van der Waals surface area contributed by atoms with Gasteiger partial charge in [0.2, 0.25) is 5.91 Å². The number of rotatable bonds is 5. The lowest BCUT2D eigenvalue weighted by Crippen LogP contribution is -2.41. The molecule has 1 amide bonds. The van der Waals surface area contributed by atoms with E-state index in [0.29, 0.717) is 13.0 Å². The van der Waals surface area contributed by atoms with Crippen molar-refractivity contribution in [3.63, 3.8) is 0 Å². The van der Waals surface area contributed by atoms with Gasteiger partial charge >= 0.3 is 0 Å². The van der Waals surface area contributed by atoms with Gasteiger partial charge in [0.05, 0.1) is 18.2 Å². The van der Waals surface area contributed by atoms with Crippen molar-refractivity contribution >= 4 is 18.3 Å². The van der Waals surface area contributed by atoms with Crippen molar-refractivity contribution in [2.24, 2.45) is 0 Å². The van der Waals surface area contributed by atoms with Crippen molar-refractivity contribution in [1.29, 1.82) is 0 Å². The zero-order valence-corrected chi connectivity index (χ0v) is 14.8. The quantitative estimate of drug-likeness (QED) is 0.765. The van der Waals surface area contributed by atoms with Gasteiger partial charge < -0.3 is 20.5 Å². The fourth-order valence-corrected chi connectivity index (χ4v) is 2.76. The molecule has 0 spiro atoms. The van der Waals surface area contributed by atoms with Crippen molar-refractivity contribution in [1.82, 2.24) is 10.6 Å². The first-order valence-electron chi connectivity index (χ1n) is 8.16. The van der Waals surface area contributed by atoms with Gasteiger partial charge in [0, 0.05) is 6.54 Å². The average molecular weight is 363 g/mol. The number of ether oxygens (including phenoxy) is 1. The molecule has 0 bridgehead atoms. The van der Waals surface area contributed by atoms with E-state index in [1.807, 2.05) is 61.5 Å². The number of aliphatic hydroxyl groups excluding tert-OH is 1. The Hall–Kier alpha value is -2.08. The Labute approximate surface area is 153 Å². The Morgan fingerprint density at radius 3 is 2.40 bits per heavy atom. The predicted octanol–water partition coefficient (Wildman–Crippen LogP) is 2.80. The molecule has 1 aliphatic heterocycles. The summed E-state index contributed by atoms with van der Waals surface area (Å²) in [5, 5.41) is 15.5. The molecule has 0 aromatic heterocycles. The molecule has 6 heteroatoms. The van der Waals surface area contributed by atoms with E-state index in [1.165, 1.54) is 0 Å². The monoisotopic (exact) mass is 362 g/mol. The standard InChI is InChI=1S/C19H22N2O3.ClH/c1-13(21-19(23)18-11-15(22)12-20-18)14-7-9-17(10-8-14)24-16-5-3-2-4-6-16;/h2-10,13,15,18,20,22H,11-12H2,1H3,(H,21,23);1H. The molecule has 0 saturated carbocycles. The number of hydrogen-bond acceptors (Lipinski definition) is 4. The van der Waals surface area contributed by atoms with Gasteiger partial charge in [-0.05, 0) is 43.2 Å². The third-order valence-electron chi connectivity index (χ3n) is 4.14. The molecule has 0 radical (unpaired) electrons. The van der Waals surface area contributed by atoms with E-state index in [0.717, 1.165) is 17.1 Å². The van der Waals surface area contributed by atoms with E-state index in [4.69, 9.17) is 4.74 Å². The van der Waals surface area contributed by atoms with Crippen LogP contribution in [0.4, 0.5) is 0 Å². The van der Waals surface area contributed by atoms with Crippen LogP contribution >= 0.6 is 12.4 Å². The highest BCUT2D eigenvalue weighted by molar-refractivity contribution is 5.85. The number of benzene rings is 2. The van der Waals surface area contributed by atoms with Crippen LogP contribution in [0.25, 0.3) is 0 Å². The molecule has 1 fully saturated rings. The van der Waals surface area contributed by atoms with Crippen LogP contribution in [0.15, 0.2) is 54.6 Å². The topological polar surface area (TPSA) is 70.6 Å². The molecule has 5 nitrogen and oxygen atoms in total. The van der Waals surface area contributed by atoms with Crippen molar-refractivity contribution in [2.45, 2.75) is 31.5 Å². The molecule has 1 saturated heterocycles. The van der Waals surface area contributed by atoms with Gasteiger partial charge in [-0.2, -0.15) is 0 Å². The van der Waals surface area contributed by atoms with Crippen LogP contribution in [0.1, 0.15) is 24.9 Å². The third kappa shape index (κ3) is 5.19. The number of nitrogens with one attached hydrogen (secondary N) is 2. The van der Waals surface area contributed by atoms with Gasteiger partial charge in [0.15, 0.2) is 0 Å². The molecular weight excluding hydrogens is 340 g/mol. The highest BCUT2D eigenvalue weighted by Crippen LogP contribution is 2.23. The summed E-state index contributed by atoms with van der Waals surface area (Å²) in [4.78, 5) is 12.2. The second-order valence-corrected chi connectivity index (χ2v) is 6.06. The lowest BCUT2D eigenvalue weighted by atomic mass is 10.1. The summed E-state index contributed by atoms with van der Waals surface area (Å²) < 4.78 is 5.76. The predicted molar refractivity (Wildman–Crippen MR) is 99.2 cm³/mol. The number of β-amino-alcohol motifs (C(OH)–C–C–N with tert-alkyl or cyclic N) is 1. The maximum absolute atomic E-state index is 12.2. The summed E-state index contributed by atoms with van der Waals surface area (Å²) in [6, 6.07) is 16.8. The fourth-order valence-electron chi connectivity index (χ4n) is 2.76. The van der Waals surface area contributed by atoms with E-state index in [-0.39, 0.29) is 30.4 Å². The number of carbonyl (C=O) groups excluding carboxylic acids is 1. The number of carbonyl (C=O) groups is 1. The Balaban J connectivity index is 0.00000225. The van der Waals surface area contributed by atoms with Gasteiger partial charge in [-0.15, -0.1) is 12.4 Å². The van der Waals surface area contributed by atoms with Crippen LogP contribution in [0.2, 0.25) is 0 Å². The lowest BCUT2D eigenvalue weighted by molar-refractivity contribution is -0.123. The first kappa shape index (κ1) is 19.2. The van der Waals surface area contributed by atoms with Crippen LogP contribution < -0.4 is 15.4 Å². The van der Waals surface area contributed by atoms with Gasteiger partial charge in [-0.3, -0.25) is 4.79 Å². The lowest BCUT2D eigenvalue weighted by Gasteiger charge is -2.18. The van der Waals surface area contributed by atoms with E-state index < -0.39 is 6.10 Å². The van der Waals surface area contributed by atoms with Crippen molar-refractivity contribution in [3.05, 3.63) is 60.2 Å². The molecule has 25 heavy (non-hydrogen) atoms. The molecule has 0 aliphatic carbocycles. The molecule has 2 aromatic rings. The minimum atomic E-state index is -0.439. The molecule has 3 N–H and O–H groups in total. The van der Waals surface area contributed by atoms with E-state index in [1.54, 1.807) is 0 Å². The number of aliphatic hydroxyl groups is 1. The van der Waals surface area contributed by atoms with E-state index in [9.17, 15) is 9.90 Å². The summed E-state index contributed by atoms with van der Waals surface area (Å²) in [5.41, 5.74) is 1.00. The normalized spacial score (nSPS) is 20.4. The number of amides is 1. The number of para-hydroxylation sites is 1. The number of halogens is 1. The van der Waals surface area contributed by atoms with Gasteiger partial charge in [0.1, 0.15) is 11.5 Å². The maximum Gasteiger partial charge on any atom is 0.237 e. The van der Waals surface area contributed by atoms with Crippen LogP contribution in [0, 0.1) is 0 Å². The molecule has 1 aliphatic rings. The highest BCUT2D eigenvalue weighted by atomic mass is 35.5. The summed E-state index contributed by atoms with van der Waals surface area (Å²) in [5.74, 6) is 1.46. The maximum atomic E-state index is 12.2. The SMILES string of the molecule is CC(NC(=O)C1CC(O)CN1)c1ccc(Oc2ccccc2)cc1.Cl. The summed E-state index contributed by atoms with van der Waals surface area (Å²) >= 11 is 0. The second kappa shape index (κ2) is 8.85. The molecule has 3 rings (SSSR count). The molecule has 2 aromatic carbocycles. The van der Waals surface area contributed by atoms with Crippen molar-refractivity contribution < 1.29 is 14.6 Å². The Morgan fingerprint density at radius 2 is 1.80 bits per heavy atom. The Bertz CT molecular complexity index is 679. The van der Waals surface area contributed by atoms with Crippen LogP contribution in [0.3, 0.4) is 0 Å². The fraction of sp³-hybridized carbons (Fsp3) is 0.316. The Kier molecular flexibility index (Phi) is 6.82. The second-order valence-electron chi connectivity index (χ2n) is 6.06. The van der Waals surface area contributed by atoms with Gasteiger partial charge in [-0.25, -0.2) is 0 Å². The average Bonchev–Trinajstić information content (AvgIpc) is 3.03. The number of hydrogen-bond donors (Lipinski definition) is 3. The first-order valence-corrected chi connectivity index (χ1v) is 8.16. The highest BCUT2D eigenvalue weighted by Gasteiger charge is 2.28. The smallest absolute Gasteiger partial charge is 0.237 e. The minimum Gasteiger partial charge on any atom is -0.457 e. The van der Waals surface area contributed by atoms with E-state index >= 15 is 0 Å². The van der Waals surface area contributed by atoms with Crippen molar-refractivity contribution in [3.8, 4) is 11.5 Å². The third-order valence-corrected chi connectivity index (χ3v) is 4.14.